The van der Waals surface area contributed by atoms with Crippen LogP contribution in [0, 0.1) is 5.41 Å². The van der Waals surface area contributed by atoms with Crippen molar-refractivity contribution in [3.63, 3.8) is 0 Å². The number of aliphatic hydroxyl groups excluding tert-OH is 1. The third kappa shape index (κ3) is 4.33. The molecular weight excluding hydrogens is 266 g/mol. The number of hydrogen-bond acceptors (Lipinski definition) is 3. The minimum Gasteiger partial charge on any atom is -0.391 e. The van der Waals surface area contributed by atoms with Gasteiger partial charge < -0.3 is 20.6 Å². The van der Waals surface area contributed by atoms with Crippen molar-refractivity contribution in [1.29, 1.82) is 0 Å². The van der Waals surface area contributed by atoms with Gasteiger partial charge in [0.1, 0.15) is 0 Å². The van der Waals surface area contributed by atoms with Crippen LogP contribution in [0.15, 0.2) is 0 Å². The molecule has 0 spiro atoms. The molecule has 2 fully saturated rings. The SMILES string of the molecule is CN1C2CCCC1CC(NC(=O)NCC(O)C(C)(C)C)C2. The van der Waals surface area contributed by atoms with Crippen molar-refractivity contribution in [3.05, 3.63) is 0 Å². The van der Waals surface area contributed by atoms with E-state index in [-0.39, 0.29) is 17.5 Å². The van der Waals surface area contributed by atoms with Crippen molar-refractivity contribution in [2.75, 3.05) is 13.6 Å². The summed E-state index contributed by atoms with van der Waals surface area (Å²) in [6.45, 7) is 6.20. The third-order valence-electron chi connectivity index (χ3n) is 5.13. The molecule has 0 aromatic rings. The Balaban J connectivity index is 1.76. The van der Waals surface area contributed by atoms with Crippen molar-refractivity contribution >= 4 is 6.03 Å². The Hall–Kier alpha value is -0.810. The highest BCUT2D eigenvalue weighted by Gasteiger charge is 2.36. The lowest BCUT2D eigenvalue weighted by Gasteiger charge is -2.47. The van der Waals surface area contributed by atoms with Crippen molar-refractivity contribution in [2.24, 2.45) is 5.41 Å². The Bertz CT molecular complexity index is 353. The molecule has 0 aromatic heterocycles. The van der Waals surface area contributed by atoms with Crippen molar-refractivity contribution in [3.8, 4) is 0 Å². The van der Waals surface area contributed by atoms with Gasteiger partial charge in [-0.1, -0.05) is 27.2 Å². The largest absolute Gasteiger partial charge is 0.391 e. The molecule has 2 rings (SSSR count). The number of piperidine rings is 2. The van der Waals surface area contributed by atoms with E-state index in [0.717, 1.165) is 12.8 Å². The Morgan fingerprint density at radius 2 is 1.86 bits per heavy atom. The fraction of sp³-hybridized carbons (Fsp3) is 0.938. The van der Waals surface area contributed by atoms with Gasteiger partial charge in [-0.05, 0) is 38.1 Å². The molecule has 5 nitrogen and oxygen atoms in total. The summed E-state index contributed by atoms with van der Waals surface area (Å²) in [5.41, 5.74) is -0.210. The summed E-state index contributed by atoms with van der Waals surface area (Å²) >= 11 is 0. The monoisotopic (exact) mass is 297 g/mol. The molecule has 2 amide bonds. The number of nitrogens with zero attached hydrogens (tertiary/aromatic N) is 1. The molecule has 2 bridgehead atoms. The Morgan fingerprint density at radius 3 is 2.38 bits per heavy atom. The standard InChI is InChI=1S/C16H31N3O2/c1-16(2,3)14(20)10-17-15(21)18-11-8-12-6-5-7-13(9-11)19(12)4/h11-14,20H,5-10H2,1-4H3,(H2,17,18,21). The van der Waals surface area contributed by atoms with Crippen molar-refractivity contribution in [1.82, 2.24) is 15.5 Å². The fourth-order valence-corrected chi connectivity index (χ4v) is 3.47. The van der Waals surface area contributed by atoms with Crippen molar-refractivity contribution in [2.45, 2.75) is 77.1 Å². The highest BCUT2D eigenvalue weighted by molar-refractivity contribution is 5.74. The van der Waals surface area contributed by atoms with Gasteiger partial charge in [-0.2, -0.15) is 0 Å². The Morgan fingerprint density at radius 1 is 1.29 bits per heavy atom. The molecule has 2 saturated heterocycles. The number of carbonyl (C=O) groups is 1. The number of aliphatic hydroxyl groups is 1. The number of nitrogens with one attached hydrogen (secondary N) is 2. The fourth-order valence-electron chi connectivity index (χ4n) is 3.47. The van der Waals surface area contributed by atoms with Crippen LogP contribution in [-0.2, 0) is 0 Å². The predicted molar refractivity (Wildman–Crippen MR) is 84.2 cm³/mol. The van der Waals surface area contributed by atoms with E-state index in [1.807, 2.05) is 20.8 Å². The number of carbonyl (C=O) groups excluding carboxylic acids is 1. The molecule has 0 aromatic carbocycles. The summed E-state index contributed by atoms with van der Waals surface area (Å²) in [6.07, 6.45) is 5.37. The molecule has 2 aliphatic heterocycles. The van der Waals surface area contributed by atoms with E-state index in [1.54, 1.807) is 0 Å². The Labute approximate surface area is 128 Å². The van der Waals surface area contributed by atoms with Crippen LogP contribution in [-0.4, -0.2) is 53.9 Å². The lowest BCUT2D eigenvalue weighted by atomic mass is 9.82. The first kappa shape index (κ1) is 16.6. The average molecular weight is 297 g/mol. The number of urea groups is 1. The summed E-state index contributed by atoms with van der Waals surface area (Å²) in [5.74, 6) is 0. The maximum atomic E-state index is 12.0. The van der Waals surface area contributed by atoms with E-state index in [0.29, 0.717) is 18.6 Å². The van der Waals surface area contributed by atoms with E-state index in [9.17, 15) is 9.90 Å². The van der Waals surface area contributed by atoms with E-state index in [2.05, 4.69) is 22.6 Å². The molecular formula is C16H31N3O2. The molecule has 122 valence electrons. The van der Waals surface area contributed by atoms with Gasteiger partial charge >= 0.3 is 6.03 Å². The second-order valence-electron chi connectivity index (χ2n) is 7.81. The molecule has 0 saturated carbocycles. The lowest BCUT2D eigenvalue weighted by molar-refractivity contribution is 0.0495. The normalized spacial score (nSPS) is 31.6. The summed E-state index contributed by atoms with van der Waals surface area (Å²) < 4.78 is 0. The van der Waals surface area contributed by atoms with Gasteiger partial charge in [-0.25, -0.2) is 4.79 Å². The van der Waals surface area contributed by atoms with E-state index in [1.165, 1.54) is 19.3 Å². The van der Waals surface area contributed by atoms with E-state index >= 15 is 0 Å². The zero-order valence-electron chi connectivity index (χ0n) is 13.9. The second-order valence-corrected chi connectivity index (χ2v) is 7.81. The van der Waals surface area contributed by atoms with Crippen molar-refractivity contribution < 1.29 is 9.90 Å². The molecule has 5 heteroatoms. The number of fused-ring (bicyclic) bond motifs is 2. The molecule has 2 heterocycles. The number of amides is 2. The van der Waals surface area contributed by atoms with Gasteiger partial charge in [0.25, 0.3) is 0 Å². The van der Waals surface area contributed by atoms with E-state index in [4.69, 9.17) is 0 Å². The minimum absolute atomic E-state index is 0.147. The topological polar surface area (TPSA) is 64.6 Å². The van der Waals surface area contributed by atoms with Crippen LogP contribution in [0.25, 0.3) is 0 Å². The average Bonchev–Trinajstić information content (AvgIpc) is 2.36. The summed E-state index contributed by atoms with van der Waals surface area (Å²) in [4.78, 5) is 14.5. The maximum Gasteiger partial charge on any atom is 0.315 e. The predicted octanol–water partition coefficient (Wildman–Crippen LogP) is 1.71. The maximum absolute atomic E-state index is 12.0. The highest BCUT2D eigenvalue weighted by Crippen LogP contribution is 2.32. The molecule has 2 aliphatic rings. The Kier molecular flexibility index (Phi) is 5.15. The van der Waals surface area contributed by atoms with Gasteiger partial charge in [0.2, 0.25) is 0 Å². The number of rotatable bonds is 3. The first-order valence-corrected chi connectivity index (χ1v) is 8.21. The molecule has 0 radical (unpaired) electrons. The first-order valence-electron chi connectivity index (χ1n) is 8.21. The smallest absolute Gasteiger partial charge is 0.315 e. The van der Waals surface area contributed by atoms with Crippen LogP contribution in [0.4, 0.5) is 4.79 Å². The minimum atomic E-state index is -0.528. The molecule has 21 heavy (non-hydrogen) atoms. The molecule has 3 atom stereocenters. The third-order valence-corrected chi connectivity index (χ3v) is 5.13. The van der Waals surface area contributed by atoms with Crippen LogP contribution in [0.5, 0.6) is 0 Å². The van der Waals surface area contributed by atoms with E-state index < -0.39 is 6.10 Å². The zero-order valence-corrected chi connectivity index (χ0v) is 13.9. The van der Waals surface area contributed by atoms with Gasteiger partial charge in [0, 0.05) is 24.7 Å². The molecule has 0 aliphatic carbocycles. The zero-order chi connectivity index (χ0) is 15.6. The molecule has 3 unspecified atom stereocenters. The second kappa shape index (κ2) is 6.53. The lowest BCUT2D eigenvalue weighted by Crippen LogP contribution is -2.56. The van der Waals surface area contributed by atoms with Crippen LogP contribution in [0.1, 0.15) is 52.9 Å². The molecule has 3 N–H and O–H groups in total. The van der Waals surface area contributed by atoms with Gasteiger partial charge in [-0.3, -0.25) is 0 Å². The summed E-state index contributed by atoms with van der Waals surface area (Å²) in [5, 5.41) is 15.8. The summed E-state index contributed by atoms with van der Waals surface area (Å²) in [7, 11) is 2.21. The van der Waals surface area contributed by atoms with Crippen LogP contribution >= 0.6 is 0 Å². The first-order chi connectivity index (χ1) is 9.77. The number of hydrogen-bond donors (Lipinski definition) is 3. The summed E-state index contributed by atoms with van der Waals surface area (Å²) in [6, 6.07) is 1.35. The van der Waals surface area contributed by atoms with Crippen LogP contribution in [0.3, 0.4) is 0 Å². The quantitative estimate of drug-likeness (QED) is 0.743. The highest BCUT2D eigenvalue weighted by atomic mass is 16.3. The van der Waals surface area contributed by atoms with Gasteiger partial charge in [0.15, 0.2) is 0 Å². The van der Waals surface area contributed by atoms with Crippen LogP contribution in [0.2, 0.25) is 0 Å². The van der Waals surface area contributed by atoms with Gasteiger partial charge in [-0.15, -0.1) is 0 Å². The van der Waals surface area contributed by atoms with Crippen LogP contribution < -0.4 is 10.6 Å². The van der Waals surface area contributed by atoms with Gasteiger partial charge in [0.05, 0.1) is 6.10 Å².